The minimum atomic E-state index is -0.647. The molecule has 2 heterocycles. The fourth-order valence-corrected chi connectivity index (χ4v) is 4.16. The Morgan fingerprint density at radius 1 is 1.00 bits per heavy atom. The van der Waals surface area contributed by atoms with Gasteiger partial charge in [-0.3, -0.25) is 25.8 Å². The number of piperazine rings is 1. The third-order valence-electron chi connectivity index (χ3n) is 5.92. The van der Waals surface area contributed by atoms with Crippen LogP contribution in [0.15, 0.2) is 67.0 Å². The molecule has 0 atom stereocenters. The molecular formula is C25H27N7O5. The van der Waals surface area contributed by atoms with E-state index in [1.807, 2.05) is 60.7 Å². The van der Waals surface area contributed by atoms with Crippen LogP contribution in [-0.4, -0.2) is 64.6 Å². The van der Waals surface area contributed by atoms with E-state index in [9.17, 15) is 19.7 Å². The lowest BCUT2D eigenvalue weighted by molar-refractivity contribution is -0.383. The number of nitrogens with zero attached hydrogens (tertiary/aromatic N) is 5. The Bertz CT molecular complexity index is 1200. The minimum absolute atomic E-state index is 0.0999. The number of carbonyl (C=O) groups excluding carboxylic acids is 2. The van der Waals surface area contributed by atoms with E-state index in [-0.39, 0.29) is 23.9 Å². The van der Waals surface area contributed by atoms with Crippen molar-refractivity contribution in [2.45, 2.75) is 12.8 Å². The summed E-state index contributed by atoms with van der Waals surface area (Å²) in [6, 6.07) is 18.5. The van der Waals surface area contributed by atoms with Crippen molar-refractivity contribution in [1.82, 2.24) is 20.3 Å². The van der Waals surface area contributed by atoms with Crippen LogP contribution >= 0.6 is 0 Å². The first kappa shape index (κ1) is 25.4. The maximum atomic E-state index is 13.3. The molecule has 3 aromatic rings. The molecule has 2 aromatic carbocycles. The number of hydrogen-bond donors (Lipinski definition) is 2. The van der Waals surface area contributed by atoms with Crippen molar-refractivity contribution < 1.29 is 19.2 Å². The molecule has 0 spiro atoms. The Morgan fingerprint density at radius 2 is 1.59 bits per heavy atom. The fraction of sp³-hybridized carbons (Fsp3) is 0.280. The summed E-state index contributed by atoms with van der Waals surface area (Å²) in [6.07, 6.45) is 0.774. The first-order chi connectivity index (χ1) is 18.0. The van der Waals surface area contributed by atoms with Crippen LogP contribution in [-0.2, 0) is 9.53 Å². The van der Waals surface area contributed by atoms with Crippen LogP contribution in [0.5, 0.6) is 0 Å². The van der Waals surface area contributed by atoms with Gasteiger partial charge >= 0.3 is 11.8 Å². The predicted octanol–water partition coefficient (Wildman–Crippen LogP) is 2.94. The van der Waals surface area contributed by atoms with Crippen LogP contribution in [0.25, 0.3) is 0 Å². The Hall–Kier alpha value is -4.74. The van der Waals surface area contributed by atoms with Crippen LogP contribution < -0.4 is 15.8 Å². The standard InChI is InChI=1S/C25H27N7O5/c1-2-37-25(34)31-15-13-30(14-16-31)23-21(32(35)36)22(26-17-27-23)28-29-24(33)20(18-9-5-3-6-10-18)19-11-7-4-8-12-19/h3-12,17,20H,2,13-16H2,1H3,(H,29,33)(H,26,27,28). The van der Waals surface area contributed by atoms with Crippen LogP contribution in [0, 0.1) is 10.1 Å². The van der Waals surface area contributed by atoms with Crippen molar-refractivity contribution in [2.24, 2.45) is 0 Å². The summed E-state index contributed by atoms with van der Waals surface area (Å²) in [5, 5.41) is 12.0. The van der Waals surface area contributed by atoms with E-state index in [1.54, 1.807) is 16.7 Å². The molecule has 0 saturated carbocycles. The lowest BCUT2D eigenvalue weighted by Crippen LogP contribution is -2.49. The van der Waals surface area contributed by atoms with Gasteiger partial charge in [-0.05, 0) is 18.1 Å². The number of benzene rings is 2. The van der Waals surface area contributed by atoms with Gasteiger partial charge in [-0.15, -0.1) is 0 Å². The number of nitro groups is 1. The van der Waals surface area contributed by atoms with E-state index in [4.69, 9.17) is 4.74 Å². The molecule has 1 fully saturated rings. The zero-order valence-corrected chi connectivity index (χ0v) is 20.2. The lowest BCUT2D eigenvalue weighted by atomic mass is 9.91. The van der Waals surface area contributed by atoms with Gasteiger partial charge in [-0.2, -0.15) is 0 Å². The number of carbonyl (C=O) groups is 2. The van der Waals surface area contributed by atoms with E-state index >= 15 is 0 Å². The normalized spacial score (nSPS) is 13.2. The van der Waals surface area contributed by atoms with Gasteiger partial charge in [0.25, 0.3) is 0 Å². The van der Waals surface area contributed by atoms with E-state index in [0.29, 0.717) is 26.2 Å². The Morgan fingerprint density at radius 3 is 2.14 bits per heavy atom. The molecule has 0 aliphatic carbocycles. The second kappa shape index (κ2) is 11.8. The number of nitrogens with one attached hydrogen (secondary N) is 2. The third kappa shape index (κ3) is 5.92. The molecule has 4 rings (SSSR count). The minimum Gasteiger partial charge on any atom is -0.450 e. The monoisotopic (exact) mass is 505 g/mol. The molecule has 0 radical (unpaired) electrons. The van der Waals surface area contributed by atoms with Crippen LogP contribution in [0.1, 0.15) is 24.0 Å². The number of anilines is 2. The van der Waals surface area contributed by atoms with Crippen molar-refractivity contribution in [3.8, 4) is 0 Å². The molecule has 192 valence electrons. The Labute approximate surface area is 213 Å². The highest BCUT2D eigenvalue weighted by Gasteiger charge is 2.31. The third-order valence-corrected chi connectivity index (χ3v) is 5.92. The summed E-state index contributed by atoms with van der Waals surface area (Å²) in [7, 11) is 0. The van der Waals surface area contributed by atoms with E-state index in [0.717, 1.165) is 11.1 Å². The summed E-state index contributed by atoms with van der Waals surface area (Å²) >= 11 is 0. The van der Waals surface area contributed by atoms with E-state index in [1.165, 1.54) is 6.33 Å². The summed E-state index contributed by atoms with van der Waals surface area (Å²) in [4.78, 5) is 48.1. The maximum Gasteiger partial charge on any atom is 0.409 e. The van der Waals surface area contributed by atoms with Gasteiger partial charge in [0.1, 0.15) is 6.33 Å². The molecule has 12 nitrogen and oxygen atoms in total. The summed E-state index contributed by atoms with van der Waals surface area (Å²) in [6.45, 7) is 3.31. The molecule has 2 amide bonds. The van der Waals surface area contributed by atoms with Gasteiger partial charge in [0.15, 0.2) is 0 Å². The summed E-state index contributed by atoms with van der Waals surface area (Å²) in [5.41, 5.74) is 6.39. The number of amides is 2. The molecule has 12 heteroatoms. The highest BCUT2D eigenvalue weighted by Crippen LogP contribution is 2.32. The van der Waals surface area contributed by atoms with Crippen LogP contribution in [0.2, 0.25) is 0 Å². The number of ether oxygens (including phenoxy) is 1. The quantitative estimate of drug-likeness (QED) is 0.349. The summed E-state index contributed by atoms with van der Waals surface area (Å²) in [5.74, 6) is -1.10. The van der Waals surface area contributed by atoms with Crippen molar-refractivity contribution >= 4 is 29.3 Å². The Balaban J connectivity index is 1.52. The van der Waals surface area contributed by atoms with Crippen molar-refractivity contribution in [3.05, 3.63) is 88.2 Å². The van der Waals surface area contributed by atoms with E-state index in [2.05, 4.69) is 20.8 Å². The molecule has 1 aromatic heterocycles. The zero-order valence-electron chi connectivity index (χ0n) is 20.2. The molecule has 1 aliphatic rings. The maximum absolute atomic E-state index is 13.3. The van der Waals surface area contributed by atoms with Gasteiger partial charge in [0.05, 0.1) is 17.4 Å². The van der Waals surface area contributed by atoms with Crippen LogP contribution in [0.3, 0.4) is 0 Å². The second-order valence-electron chi connectivity index (χ2n) is 8.19. The molecule has 37 heavy (non-hydrogen) atoms. The van der Waals surface area contributed by atoms with Crippen LogP contribution in [0.4, 0.5) is 22.1 Å². The highest BCUT2D eigenvalue weighted by molar-refractivity contribution is 5.88. The highest BCUT2D eigenvalue weighted by atomic mass is 16.6. The first-order valence-electron chi connectivity index (χ1n) is 11.8. The Kier molecular flexibility index (Phi) is 8.08. The average Bonchev–Trinajstić information content (AvgIpc) is 2.93. The fourth-order valence-electron chi connectivity index (χ4n) is 4.16. The second-order valence-corrected chi connectivity index (χ2v) is 8.19. The van der Waals surface area contributed by atoms with Crippen molar-refractivity contribution in [1.29, 1.82) is 0 Å². The smallest absolute Gasteiger partial charge is 0.409 e. The summed E-state index contributed by atoms with van der Waals surface area (Å²) < 4.78 is 5.03. The molecular weight excluding hydrogens is 478 g/mol. The lowest BCUT2D eigenvalue weighted by Gasteiger charge is -2.34. The zero-order chi connectivity index (χ0) is 26.2. The number of hydrogen-bond acceptors (Lipinski definition) is 9. The van der Waals surface area contributed by atoms with Gasteiger partial charge in [0, 0.05) is 26.2 Å². The van der Waals surface area contributed by atoms with Gasteiger partial charge in [-0.25, -0.2) is 14.8 Å². The average molecular weight is 506 g/mol. The molecule has 1 saturated heterocycles. The van der Waals surface area contributed by atoms with Crippen molar-refractivity contribution in [2.75, 3.05) is 43.1 Å². The molecule has 0 bridgehead atoms. The number of aromatic nitrogens is 2. The first-order valence-corrected chi connectivity index (χ1v) is 11.8. The number of hydrazine groups is 1. The predicted molar refractivity (Wildman–Crippen MR) is 136 cm³/mol. The van der Waals surface area contributed by atoms with E-state index < -0.39 is 22.8 Å². The van der Waals surface area contributed by atoms with Crippen molar-refractivity contribution in [3.63, 3.8) is 0 Å². The van der Waals surface area contributed by atoms with Gasteiger partial charge < -0.3 is 14.5 Å². The number of rotatable bonds is 8. The largest absolute Gasteiger partial charge is 0.450 e. The molecule has 2 N–H and O–H groups in total. The van der Waals surface area contributed by atoms with Gasteiger partial charge in [-0.1, -0.05) is 60.7 Å². The topological polar surface area (TPSA) is 143 Å². The van der Waals surface area contributed by atoms with Gasteiger partial charge in [0.2, 0.25) is 17.5 Å². The molecule has 1 aliphatic heterocycles. The SMILES string of the molecule is CCOC(=O)N1CCN(c2ncnc(NNC(=O)C(c3ccccc3)c3ccccc3)c2[N+](=O)[O-])CC1. The molecule has 0 unspecified atom stereocenters.